The maximum absolute atomic E-state index is 6.11. The summed E-state index contributed by atoms with van der Waals surface area (Å²) < 4.78 is 5.68. The van der Waals surface area contributed by atoms with Gasteiger partial charge in [0.05, 0.1) is 11.8 Å². The Hall–Kier alpha value is -3.51. The molecule has 0 atom stereocenters. The van der Waals surface area contributed by atoms with E-state index in [2.05, 4.69) is 16.9 Å². The van der Waals surface area contributed by atoms with Gasteiger partial charge in [-0.1, -0.05) is 18.7 Å². The van der Waals surface area contributed by atoms with Gasteiger partial charge >= 0.3 is 0 Å². The Balaban J connectivity index is 1.79. The SMILES string of the molecule is C=C(Nc1cc2cc(/C(N)=C/N(C)N)ccc2cn1)c1ccc(OC(C)C)cc1. The Labute approximate surface area is 171 Å². The van der Waals surface area contributed by atoms with E-state index in [-0.39, 0.29) is 6.10 Å². The number of benzene rings is 2. The molecule has 3 rings (SSSR count). The predicted molar refractivity (Wildman–Crippen MR) is 121 cm³/mol. The Kier molecular flexibility index (Phi) is 6.04. The number of rotatable bonds is 7. The molecule has 0 aliphatic rings. The summed E-state index contributed by atoms with van der Waals surface area (Å²) in [5.74, 6) is 7.19. The summed E-state index contributed by atoms with van der Waals surface area (Å²) in [6.45, 7) is 8.13. The zero-order chi connectivity index (χ0) is 21.0. The number of pyridine rings is 1. The van der Waals surface area contributed by atoms with Crippen LogP contribution in [0.4, 0.5) is 5.82 Å². The first-order chi connectivity index (χ1) is 13.8. The lowest BCUT2D eigenvalue weighted by molar-refractivity contribution is 0.242. The predicted octanol–water partition coefficient (Wildman–Crippen LogP) is 4.17. The molecule has 0 amide bonds. The van der Waals surface area contributed by atoms with Crippen molar-refractivity contribution in [2.24, 2.45) is 11.6 Å². The average Bonchev–Trinajstić information content (AvgIpc) is 2.67. The molecule has 0 fully saturated rings. The van der Waals surface area contributed by atoms with Gasteiger partial charge in [-0.2, -0.15) is 0 Å². The number of fused-ring (bicyclic) bond motifs is 1. The van der Waals surface area contributed by atoms with Crippen molar-refractivity contribution < 1.29 is 4.74 Å². The quantitative estimate of drug-likeness (QED) is 0.415. The molecular weight excluding hydrogens is 362 g/mol. The smallest absolute Gasteiger partial charge is 0.130 e. The van der Waals surface area contributed by atoms with Crippen LogP contribution in [0.2, 0.25) is 0 Å². The van der Waals surface area contributed by atoms with E-state index in [9.17, 15) is 0 Å². The van der Waals surface area contributed by atoms with Gasteiger partial charge < -0.3 is 20.8 Å². The van der Waals surface area contributed by atoms with Crippen molar-refractivity contribution in [2.75, 3.05) is 12.4 Å². The van der Waals surface area contributed by atoms with Crippen LogP contribution >= 0.6 is 0 Å². The molecule has 5 N–H and O–H groups in total. The second-order valence-corrected chi connectivity index (χ2v) is 7.18. The highest BCUT2D eigenvalue weighted by atomic mass is 16.5. The summed E-state index contributed by atoms with van der Waals surface area (Å²) in [6.07, 6.45) is 3.64. The van der Waals surface area contributed by atoms with Crippen LogP contribution in [-0.2, 0) is 0 Å². The molecule has 1 heterocycles. The molecule has 0 saturated heterocycles. The number of nitrogens with two attached hydrogens (primary N) is 2. The fourth-order valence-corrected chi connectivity index (χ4v) is 2.92. The molecular formula is C23H27N5O. The van der Waals surface area contributed by atoms with Crippen molar-refractivity contribution >= 4 is 28.0 Å². The Bertz CT molecular complexity index is 1040. The lowest BCUT2D eigenvalue weighted by atomic mass is 10.1. The highest BCUT2D eigenvalue weighted by Crippen LogP contribution is 2.24. The van der Waals surface area contributed by atoms with Crippen LogP contribution < -0.4 is 21.6 Å². The summed E-state index contributed by atoms with van der Waals surface area (Å²) >= 11 is 0. The van der Waals surface area contributed by atoms with Crippen LogP contribution in [0.25, 0.3) is 22.2 Å². The first-order valence-electron chi connectivity index (χ1n) is 9.40. The third-order valence-electron chi connectivity index (χ3n) is 4.25. The lowest BCUT2D eigenvalue weighted by Gasteiger charge is -2.13. The monoisotopic (exact) mass is 389 g/mol. The van der Waals surface area contributed by atoms with Crippen LogP contribution in [-0.4, -0.2) is 23.1 Å². The maximum atomic E-state index is 6.11. The van der Waals surface area contributed by atoms with E-state index < -0.39 is 0 Å². The topological polar surface area (TPSA) is 89.4 Å². The van der Waals surface area contributed by atoms with E-state index in [1.165, 1.54) is 5.01 Å². The second kappa shape index (κ2) is 8.67. The highest BCUT2D eigenvalue weighted by Gasteiger charge is 2.05. The van der Waals surface area contributed by atoms with E-state index in [4.69, 9.17) is 16.3 Å². The minimum absolute atomic E-state index is 0.142. The van der Waals surface area contributed by atoms with Gasteiger partial charge in [0.15, 0.2) is 0 Å². The van der Waals surface area contributed by atoms with Gasteiger partial charge in [0.2, 0.25) is 0 Å². The number of aromatic nitrogens is 1. The summed E-state index contributed by atoms with van der Waals surface area (Å²) in [5.41, 5.74) is 9.32. The zero-order valence-electron chi connectivity index (χ0n) is 17.0. The number of ether oxygens (including phenoxy) is 1. The fraction of sp³-hybridized carbons (Fsp3) is 0.174. The third kappa shape index (κ3) is 5.27. The first-order valence-corrected chi connectivity index (χ1v) is 9.40. The standard InChI is InChI=1S/C23H27N5O/c1-15(2)29-21-9-7-17(8-10-21)16(3)27-23-12-20-11-18(22(24)14-28(4)25)5-6-19(20)13-26-23/h5-15H,3,24-25H2,1-2,4H3,(H,26,27)/b22-14-. The molecule has 0 unspecified atom stereocenters. The molecule has 6 heteroatoms. The molecule has 1 aromatic heterocycles. The van der Waals surface area contributed by atoms with E-state index >= 15 is 0 Å². The number of anilines is 1. The van der Waals surface area contributed by atoms with Crippen LogP contribution in [0.5, 0.6) is 5.75 Å². The second-order valence-electron chi connectivity index (χ2n) is 7.18. The van der Waals surface area contributed by atoms with Crippen LogP contribution in [0.3, 0.4) is 0 Å². The van der Waals surface area contributed by atoms with Crippen molar-refractivity contribution in [2.45, 2.75) is 20.0 Å². The van der Waals surface area contributed by atoms with Gasteiger partial charge in [0.25, 0.3) is 0 Å². The first kappa shape index (κ1) is 20.2. The molecule has 0 aliphatic carbocycles. The van der Waals surface area contributed by atoms with Crippen molar-refractivity contribution in [3.8, 4) is 5.75 Å². The number of nitrogens with one attached hydrogen (secondary N) is 1. The van der Waals surface area contributed by atoms with E-state index in [0.29, 0.717) is 11.5 Å². The van der Waals surface area contributed by atoms with Gasteiger partial charge in [-0.15, -0.1) is 0 Å². The Morgan fingerprint density at radius 2 is 1.79 bits per heavy atom. The molecule has 2 aromatic carbocycles. The molecule has 150 valence electrons. The maximum Gasteiger partial charge on any atom is 0.130 e. The minimum Gasteiger partial charge on any atom is -0.491 e. The highest BCUT2D eigenvalue weighted by molar-refractivity contribution is 5.88. The number of hydrogen-bond acceptors (Lipinski definition) is 6. The third-order valence-corrected chi connectivity index (χ3v) is 4.25. The largest absolute Gasteiger partial charge is 0.491 e. The van der Waals surface area contributed by atoms with Crippen molar-refractivity contribution in [3.05, 3.63) is 78.6 Å². The normalized spacial score (nSPS) is 11.6. The molecule has 0 spiro atoms. The fourth-order valence-electron chi connectivity index (χ4n) is 2.92. The molecule has 0 aliphatic heterocycles. The number of hydrogen-bond donors (Lipinski definition) is 3. The molecule has 0 saturated carbocycles. The molecule has 29 heavy (non-hydrogen) atoms. The average molecular weight is 390 g/mol. The van der Waals surface area contributed by atoms with Gasteiger partial charge in [-0.25, -0.2) is 10.8 Å². The summed E-state index contributed by atoms with van der Waals surface area (Å²) in [6, 6.07) is 15.7. The van der Waals surface area contributed by atoms with Crippen LogP contribution in [0.15, 0.2) is 67.5 Å². The van der Waals surface area contributed by atoms with Gasteiger partial charge in [-0.3, -0.25) is 0 Å². The van der Waals surface area contributed by atoms with E-state index in [1.807, 2.05) is 68.6 Å². The van der Waals surface area contributed by atoms with Crippen molar-refractivity contribution in [1.29, 1.82) is 0 Å². The van der Waals surface area contributed by atoms with Crippen molar-refractivity contribution in [3.63, 3.8) is 0 Å². The molecule has 0 bridgehead atoms. The summed E-state index contributed by atoms with van der Waals surface area (Å²) in [7, 11) is 1.73. The summed E-state index contributed by atoms with van der Waals surface area (Å²) in [4.78, 5) is 4.48. The van der Waals surface area contributed by atoms with Crippen LogP contribution in [0.1, 0.15) is 25.0 Å². The van der Waals surface area contributed by atoms with E-state index in [0.717, 1.165) is 33.3 Å². The summed E-state index contributed by atoms with van der Waals surface area (Å²) in [5, 5.41) is 6.74. The van der Waals surface area contributed by atoms with Gasteiger partial charge in [0.1, 0.15) is 11.6 Å². The molecule has 0 radical (unpaired) electrons. The van der Waals surface area contributed by atoms with E-state index in [1.54, 1.807) is 13.2 Å². The molecule has 3 aromatic rings. The van der Waals surface area contributed by atoms with Gasteiger partial charge in [0, 0.05) is 30.5 Å². The minimum atomic E-state index is 0.142. The van der Waals surface area contributed by atoms with Gasteiger partial charge in [-0.05, 0) is 66.8 Å². The zero-order valence-corrected chi connectivity index (χ0v) is 17.0. The lowest BCUT2D eigenvalue weighted by Crippen LogP contribution is -2.20. The van der Waals surface area contributed by atoms with Crippen molar-refractivity contribution in [1.82, 2.24) is 9.99 Å². The Morgan fingerprint density at radius 1 is 1.10 bits per heavy atom. The number of nitrogens with zero attached hydrogens (tertiary/aromatic N) is 2. The van der Waals surface area contributed by atoms with Crippen LogP contribution in [0, 0.1) is 0 Å². The Morgan fingerprint density at radius 3 is 2.45 bits per heavy atom. The number of hydrazine groups is 1. The molecule has 6 nitrogen and oxygen atoms in total.